The van der Waals surface area contributed by atoms with Crippen LogP contribution in [0.2, 0.25) is 0 Å². The van der Waals surface area contributed by atoms with Crippen molar-refractivity contribution in [2.45, 2.75) is 19.9 Å². The molecule has 0 saturated carbocycles. The molecule has 3 rings (SSSR count). The Kier molecular flexibility index (Phi) is 3.46. The predicted molar refractivity (Wildman–Crippen MR) is 80.7 cm³/mol. The standard InChI is InChI=1S/C15H15N5O2/c1-9-6-13-18-12(7-14(21)20(13)19-9)10(2)17-15(22)11-4-3-5-16-8-11/h3-8,10,19H,1-2H3,(H,17,22). The van der Waals surface area contributed by atoms with Crippen molar-refractivity contribution in [3.63, 3.8) is 0 Å². The number of hydrogen-bond donors (Lipinski definition) is 2. The minimum absolute atomic E-state index is 0.212. The summed E-state index contributed by atoms with van der Waals surface area (Å²) in [5.74, 6) is -0.257. The third-order valence-corrected chi connectivity index (χ3v) is 3.31. The zero-order valence-electron chi connectivity index (χ0n) is 12.2. The molecule has 7 heteroatoms. The summed E-state index contributed by atoms with van der Waals surface area (Å²) in [5, 5.41) is 5.72. The zero-order valence-corrected chi connectivity index (χ0v) is 12.2. The van der Waals surface area contributed by atoms with Crippen LogP contribution < -0.4 is 10.9 Å². The van der Waals surface area contributed by atoms with Gasteiger partial charge in [-0.05, 0) is 26.0 Å². The molecule has 7 nitrogen and oxygen atoms in total. The number of aromatic amines is 1. The number of carbonyl (C=O) groups excluding carboxylic acids is 1. The van der Waals surface area contributed by atoms with Crippen LogP contribution in [-0.4, -0.2) is 25.5 Å². The minimum atomic E-state index is -0.388. The fraction of sp³-hybridized carbons (Fsp3) is 0.200. The average molecular weight is 297 g/mol. The summed E-state index contributed by atoms with van der Waals surface area (Å²) >= 11 is 0. The Hall–Kier alpha value is -2.96. The molecule has 0 aliphatic rings. The average Bonchev–Trinajstić information content (AvgIpc) is 2.89. The van der Waals surface area contributed by atoms with Crippen molar-refractivity contribution in [1.82, 2.24) is 24.9 Å². The van der Waals surface area contributed by atoms with Gasteiger partial charge in [0, 0.05) is 30.2 Å². The Bertz CT molecular complexity index is 882. The van der Waals surface area contributed by atoms with Gasteiger partial charge in [0.05, 0.1) is 17.3 Å². The molecular weight excluding hydrogens is 282 g/mol. The topological polar surface area (TPSA) is 92.2 Å². The van der Waals surface area contributed by atoms with Crippen LogP contribution in [0.4, 0.5) is 0 Å². The van der Waals surface area contributed by atoms with Gasteiger partial charge in [-0.3, -0.25) is 19.7 Å². The molecule has 1 unspecified atom stereocenters. The molecule has 1 atom stereocenters. The van der Waals surface area contributed by atoms with Crippen LogP contribution in [0.15, 0.2) is 41.5 Å². The van der Waals surface area contributed by atoms with E-state index in [1.165, 1.54) is 16.8 Å². The number of aromatic nitrogens is 4. The lowest BCUT2D eigenvalue weighted by atomic mass is 10.2. The van der Waals surface area contributed by atoms with E-state index in [-0.39, 0.29) is 17.5 Å². The number of aryl methyl sites for hydroxylation is 1. The molecule has 112 valence electrons. The van der Waals surface area contributed by atoms with Crippen molar-refractivity contribution in [1.29, 1.82) is 0 Å². The number of carbonyl (C=O) groups is 1. The molecule has 1 amide bonds. The van der Waals surface area contributed by atoms with Crippen molar-refractivity contribution in [2.75, 3.05) is 0 Å². The lowest BCUT2D eigenvalue weighted by Crippen LogP contribution is -2.29. The SMILES string of the molecule is Cc1cc2nc(C(C)NC(=O)c3cccnc3)cc(=O)n2[nH]1. The van der Waals surface area contributed by atoms with E-state index in [2.05, 4.69) is 20.4 Å². The summed E-state index contributed by atoms with van der Waals surface area (Å²) in [6, 6.07) is 6.17. The Morgan fingerprint density at radius 3 is 2.95 bits per heavy atom. The largest absolute Gasteiger partial charge is 0.344 e. The number of hydrogen-bond acceptors (Lipinski definition) is 4. The van der Waals surface area contributed by atoms with E-state index in [4.69, 9.17) is 0 Å². The quantitative estimate of drug-likeness (QED) is 0.760. The first kappa shape index (κ1) is 14.0. The smallest absolute Gasteiger partial charge is 0.272 e. The second-order valence-corrected chi connectivity index (χ2v) is 5.09. The van der Waals surface area contributed by atoms with Gasteiger partial charge in [-0.1, -0.05) is 0 Å². The Morgan fingerprint density at radius 1 is 1.41 bits per heavy atom. The number of pyridine rings is 1. The summed E-state index contributed by atoms with van der Waals surface area (Å²) in [5.41, 5.74) is 2.14. The number of rotatable bonds is 3. The second-order valence-electron chi connectivity index (χ2n) is 5.09. The maximum absolute atomic E-state index is 12.1. The Morgan fingerprint density at radius 2 is 2.23 bits per heavy atom. The number of nitrogens with one attached hydrogen (secondary N) is 2. The molecule has 0 saturated heterocycles. The van der Waals surface area contributed by atoms with Gasteiger partial charge in [-0.2, -0.15) is 0 Å². The molecule has 0 aliphatic carbocycles. The Balaban J connectivity index is 1.87. The molecule has 0 aliphatic heterocycles. The van der Waals surface area contributed by atoms with Crippen LogP contribution in [0.3, 0.4) is 0 Å². The van der Waals surface area contributed by atoms with E-state index in [1.807, 2.05) is 6.92 Å². The fourth-order valence-electron chi connectivity index (χ4n) is 2.20. The second kappa shape index (κ2) is 5.44. The lowest BCUT2D eigenvalue weighted by Gasteiger charge is -2.13. The van der Waals surface area contributed by atoms with Crippen LogP contribution in [0.5, 0.6) is 0 Å². The maximum Gasteiger partial charge on any atom is 0.272 e. The van der Waals surface area contributed by atoms with Crippen LogP contribution in [-0.2, 0) is 0 Å². The highest BCUT2D eigenvalue weighted by Crippen LogP contribution is 2.10. The predicted octanol–water partition coefficient (Wildman–Crippen LogP) is 1.22. The first-order valence-corrected chi connectivity index (χ1v) is 6.85. The highest BCUT2D eigenvalue weighted by atomic mass is 16.1. The first-order valence-electron chi connectivity index (χ1n) is 6.85. The normalized spacial score (nSPS) is 12.3. The number of H-pyrrole nitrogens is 1. The molecule has 0 aromatic carbocycles. The van der Waals surface area contributed by atoms with E-state index in [0.717, 1.165) is 5.69 Å². The highest BCUT2D eigenvalue weighted by molar-refractivity contribution is 5.94. The maximum atomic E-state index is 12.1. The van der Waals surface area contributed by atoms with Crippen molar-refractivity contribution in [3.05, 3.63) is 64.0 Å². The van der Waals surface area contributed by atoms with Crippen LogP contribution in [0, 0.1) is 6.92 Å². The van der Waals surface area contributed by atoms with E-state index < -0.39 is 0 Å². The van der Waals surface area contributed by atoms with Gasteiger partial charge in [0.25, 0.3) is 11.5 Å². The van der Waals surface area contributed by atoms with Crippen molar-refractivity contribution in [2.24, 2.45) is 0 Å². The lowest BCUT2D eigenvalue weighted by molar-refractivity contribution is 0.0938. The van der Waals surface area contributed by atoms with Crippen LogP contribution in [0.1, 0.15) is 34.7 Å². The van der Waals surface area contributed by atoms with Crippen LogP contribution >= 0.6 is 0 Å². The van der Waals surface area contributed by atoms with Crippen molar-refractivity contribution >= 4 is 11.6 Å². The van der Waals surface area contributed by atoms with Gasteiger partial charge in [0.2, 0.25) is 0 Å². The minimum Gasteiger partial charge on any atom is -0.344 e. The van der Waals surface area contributed by atoms with Crippen molar-refractivity contribution < 1.29 is 4.79 Å². The molecule has 3 aromatic heterocycles. The molecule has 22 heavy (non-hydrogen) atoms. The van der Waals surface area contributed by atoms with Gasteiger partial charge in [0.15, 0.2) is 5.65 Å². The van der Waals surface area contributed by atoms with Crippen LogP contribution in [0.25, 0.3) is 5.65 Å². The highest BCUT2D eigenvalue weighted by Gasteiger charge is 2.14. The third-order valence-electron chi connectivity index (χ3n) is 3.31. The molecule has 0 radical (unpaired) electrons. The molecule has 0 bridgehead atoms. The summed E-state index contributed by atoms with van der Waals surface area (Å²) in [6.45, 7) is 3.63. The number of amides is 1. The zero-order chi connectivity index (χ0) is 15.7. The summed E-state index contributed by atoms with van der Waals surface area (Å²) in [7, 11) is 0. The van der Waals surface area contributed by atoms with E-state index in [9.17, 15) is 9.59 Å². The van der Waals surface area contributed by atoms with Gasteiger partial charge >= 0.3 is 0 Å². The van der Waals surface area contributed by atoms with Gasteiger partial charge in [0.1, 0.15) is 0 Å². The monoisotopic (exact) mass is 297 g/mol. The van der Waals surface area contributed by atoms with Crippen molar-refractivity contribution in [3.8, 4) is 0 Å². The number of nitrogens with zero attached hydrogens (tertiary/aromatic N) is 3. The molecule has 3 aromatic rings. The first-order chi connectivity index (χ1) is 10.5. The van der Waals surface area contributed by atoms with E-state index in [1.54, 1.807) is 31.3 Å². The van der Waals surface area contributed by atoms with Gasteiger partial charge in [-0.15, -0.1) is 0 Å². The van der Waals surface area contributed by atoms with E-state index in [0.29, 0.717) is 16.9 Å². The molecule has 0 spiro atoms. The summed E-state index contributed by atoms with van der Waals surface area (Å²) in [4.78, 5) is 32.5. The molecule has 2 N–H and O–H groups in total. The van der Waals surface area contributed by atoms with Gasteiger partial charge < -0.3 is 5.32 Å². The summed E-state index contributed by atoms with van der Waals surface area (Å²) < 4.78 is 1.37. The van der Waals surface area contributed by atoms with E-state index >= 15 is 0 Å². The fourth-order valence-corrected chi connectivity index (χ4v) is 2.20. The third kappa shape index (κ3) is 2.60. The molecular formula is C15H15N5O2. The molecule has 3 heterocycles. The Labute approximate surface area is 126 Å². The van der Waals surface area contributed by atoms with Gasteiger partial charge in [-0.25, -0.2) is 9.50 Å². The summed E-state index contributed by atoms with van der Waals surface area (Å²) in [6.07, 6.45) is 3.09. The molecule has 0 fully saturated rings. The number of fused-ring (bicyclic) bond motifs is 1.